The Morgan fingerprint density at radius 1 is 1.28 bits per heavy atom. The molecule has 8 nitrogen and oxygen atoms in total. The van der Waals surface area contributed by atoms with Gasteiger partial charge in [0.1, 0.15) is 16.5 Å². The fraction of sp³-hybridized carbons (Fsp3) is 0.522. The van der Waals surface area contributed by atoms with Crippen LogP contribution in [0.1, 0.15) is 62.5 Å². The zero-order chi connectivity index (χ0) is 23.1. The number of nitrogen functional groups attached to an aromatic ring is 1. The first-order chi connectivity index (χ1) is 15.1. The molecule has 0 aromatic carbocycles. The quantitative estimate of drug-likeness (QED) is 0.656. The topological polar surface area (TPSA) is 118 Å². The second kappa shape index (κ2) is 8.35. The van der Waals surface area contributed by atoms with Gasteiger partial charge < -0.3 is 10.6 Å². The van der Waals surface area contributed by atoms with E-state index in [0.717, 1.165) is 37.4 Å². The third kappa shape index (κ3) is 4.72. The zero-order valence-corrected chi connectivity index (χ0v) is 19.7. The van der Waals surface area contributed by atoms with E-state index in [1.54, 1.807) is 6.07 Å². The molecule has 32 heavy (non-hydrogen) atoms. The fourth-order valence-corrected chi connectivity index (χ4v) is 5.64. The Labute approximate surface area is 189 Å². The van der Waals surface area contributed by atoms with Gasteiger partial charge >= 0.3 is 0 Å². The molecule has 1 aliphatic heterocycles. The molecule has 3 heterocycles. The molecule has 2 aliphatic rings. The van der Waals surface area contributed by atoms with Crippen molar-refractivity contribution in [3.8, 4) is 0 Å². The third-order valence-electron chi connectivity index (χ3n) is 6.33. The first-order valence-corrected chi connectivity index (χ1v) is 12.6. The van der Waals surface area contributed by atoms with E-state index in [1.165, 1.54) is 31.2 Å². The van der Waals surface area contributed by atoms with Crippen LogP contribution in [0.25, 0.3) is 0 Å². The van der Waals surface area contributed by atoms with Crippen molar-refractivity contribution in [2.45, 2.75) is 63.3 Å². The lowest BCUT2D eigenvalue weighted by Gasteiger charge is -2.34. The number of carbonyl (C=O) groups is 1. The molecule has 1 saturated heterocycles. The van der Waals surface area contributed by atoms with Crippen molar-refractivity contribution in [1.82, 2.24) is 14.7 Å². The van der Waals surface area contributed by atoms with E-state index in [-0.39, 0.29) is 21.8 Å². The van der Waals surface area contributed by atoms with Gasteiger partial charge in [0.25, 0.3) is 15.9 Å². The summed E-state index contributed by atoms with van der Waals surface area (Å²) in [6, 6.07) is 6.31. The highest BCUT2D eigenvalue weighted by Crippen LogP contribution is 2.38. The Bertz CT molecular complexity index is 1130. The molecule has 1 aliphatic carbocycles. The SMILES string of the molecule is C[C@@H]1CN(c2nc(CCC3CC3)ccc2C(=O)NS(=O)(=O)c2cccnc2N)C(C)(C)C1. The number of aryl methyl sites for hydroxylation is 1. The van der Waals surface area contributed by atoms with Crippen LogP contribution in [0, 0.1) is 11.8 Å². The summed E-state index contributed by atoms with van der Waals surface area (Å²) in [5, 5.41) is 0. The lowest BCUT2D eigenvalue weighted by molar-refractivity contribution is 0.0981. The van der Waals surface area contributed by atoms with Gasteiger partial charge in [-0.25, -0.2) is 23.1 Å². The summed E-state index contributed by atoms with van der Waals surface area (Å²) < 4.78 is 27.8. The highest BCUT2D eigenvalue weighted by Gasteiger charge is 2.39. The van der Waals surface area contributed by atoms with Crippen LogP contribution in [0.3, 0.4) is 0 Å². The van der Waals surface area contributed by atoms with Gasteiger partial charge in [0.05, 0.1) is 5.56 Å². The molecule has 1 atom stereocenters. The average molecular weight is 458 g/mol. The van der Waals surface area contributed by atoms with Gasteiger partial charge in [0.2, 0.25) is 0 Å². The smallest absolute Gasteiger partial charge is 0.268 e. The Kier molecular flexibility index (Phi) is 5.87. The highest BCUT2D eigenvalue weighted by molar-refractivity contribution is 7.90. The normalized spacial score (nSPS) is 20.3. The van der Waals surface area contributed by atoms with E-state index in [2.05, 4.69) is 35.4 Å². The maximum absolute atomic E-state index is 13.2. The van der Waals surface area contributed by atoms with Crippen molar-refractivity contribution in [3.63, 3.8) is 0 Å². The first kappa shape index (κ1) is 22.5. The number of nitrogens with one attached hydrogen (secondary N) is 1. The molecule has 0 spiro atoms. The number of aromatic nitrogens is 2. The minimum Gasteiger partial charge on any atom is -0.383 e. The third-order valence-corrected chi connectivity index (χ3v) is 7.71. The zero-order valence-electron chi connectivity index (χ0n) is 18.8. The number of rotatable bonds is 7. The van der Waals surface area contributed by atoms with Crippen LogP contribution < -0.4 is 15.4 Å². The summed E-state index contributed by atoms with van der Waals surface area (Å²) in [5.41, 5.74) is 6.70. The molecule has 0 radical (unpaired) electrons. The molecule has 3 N–H and O–H groups in total. The molecule has 0 unspecified atom stereocenters. The Morgan fingerprint density at radius 3 is 2.66 bits per heavy atom. The first-order valence-electron chi connectivity index (χ1n) is 11.1. The second-order valence-electron chi connectivity index (χ2n) is 9.71. The number of hydrogen-bond acceptors (Lipinski definition) is 7. The molecular formula is C23H31N5O3S. The molecule has 1 saturated carbocycles. The predicted molar refractivity (Wildman–Crippen MR) is 124 cm³/mol. The minimum absolute atomic E-state index is 0.156. The van der Waals surface area contributed by atoms with Crippen molar-refractivity contribution in [3.05, 3.63) is 41.7 Å². The summed E-state index contributed by atoms with van der Waals surface area (Å²) in [4.78, 5) is 23.8. The summed E-state index contributed by atoms with van der Waals surface area (Å²) in [7, 11) is -4.17. The van der Waals surface area contributed by atoms with Gasteiger partial charge in [-0.2, -0.15) is 0 Å². The van der Waals surface area contributed by atoms with Crippen LogP contribution >= 0.6 is 0 Å². The van der Waals surface area contributed by atoms with Gasteiger partial charge in [-0.15, -0.1) is 0 Å². The number of anilines is 2. The van der Waals surface area contributed by atoms with Gasteiger partial charge in [0, 0.05) is 24.0 Å². The van der Waals surface area contributed by atoms with E-state index in [1.807, 2.05) is 6.07 Å². The molecule has 2 aromatic rings. The van der Waals surface area contributed by atoms with Crippen molar-refractivity contribution in [1.29, 1.82) is 0 Å². The van der Waals surface area contributed by atoms with Gasteiger partial charge in [-0.05, 0) is 69.2 Å². The molecular weight excluding hydrogens is 426 g/mol. The maximum Gasteiger partial charge on any atom is 0.268 e. The molecule has 1 amide bonds. The summed E-state index contributed by atoms with van der Waals surface area (Å²) in [6.07, 6.45) is 6.86. The molecule has 2 aromatic heterocycles. The molecule has 2 fully saturated rings. The maximum atomic E-state index is 13.2. The number of hydrogen-bond donors (Lipinski definition) is 2. The highest BCUT2D eigenvalue weighted by atomic mass is 32.2. The number of carbonyl (C=O) groups excluding carboxylic acids is 1. The number of pyridine rings is 2. The van der Waals surface area contributed by atoms with E-state index in [4.69, 9.17) is 10.7 Å². The van der Waals surface area contributed by atoms with Crippen molar-refractivity contribution >= 4 is 27.6 Å². The molecule has 9 heteroatoms. The van der Waals surface area contributed by atoms with Crippen LogP contribution in [-0.4, -0.2) is 36.4 Å². The van der Waals surface area contributed by atoms with Crippen molar-refractivity contribution in [2.75, 3.05) is 17.2 Å². The van der Waals surface area contributed by atoms with Crippen LogP contribution in [0.4, 0.5) is 11.6 Å². The summed E-state index contributed by atoms with van der Waals surface area (Å²) in [6.45, 7) is 7.19. The Morgan fingerprint density at radius 2 is 2.03 bits per heavy atom. The van der Waals surface area contributed by atoms with E-state index in [9.17, 15) is 13.2 Å². The predicted octanol–water partition coefficient (Wildman–Crippen LogP) is 3.14. The Hall–Kier alpha value is -2.68. The van der Waals surface area contributed by atoms with E-state index < -0.39 is 15.9 Å². The van der Waals surface area contributed by atoms with Crippen LogP contribution in [0.2, 0.25) is 0 Å². The van der Waals surface area contributed by atoms with E-state index >= 15 is 0 Å². The number of amides is 1. The molecule has 0 bridgehead atoms. The number of nitrogens with two attached hydrogens (primary N) is 1. The molecule has 4 rings (SSSR count). The lowest BCUT2D eigenvalue weighted by atomic mass is 9.97. The van der Waals surface area contributed by atoms with Crippen LogP contribution in [0.5, 0.6) is 0 Å². The van der Waals surface area contributed by atoms with Gasteiger partial charge in [-0.3, -0.25) is 4.79 Å². The van der Waals surface area contributed by atoms with Crippen LogP contribution in [-0.2, 0) is 16.4 Å². The second-order valence-corrected chi connectivity index (χ2v) is 11.4. The lowest BCUT2D eigenvalue weighted by Crippen LogP contribution is -2.41. The Balaban J connectivity index is 1.67. The van der Waals surface area contributed by atoms with E-state index in [0.29, 0.717) is 11.7 Å². The largest absolute Gasteiger partial charge is 0.383 e. The van der Waals surface area contributed by atoms with Crippen molar-refractivity contribution < 1.29 is 13.2 Å². The fourth-order valence-electron chi connectivity index (χ4n) is 4.59. The summed E-state index contributed by atoms with van der Waals surface area (Å²) >= 11 is 0. The summed E-state index contributed by atoms with van der Waals surface area (Å²) in [5.74, 6) is 0.883. The van der Waals surface area contributed by atoms with Gasteiger partial charge in [-0.1, -0.05) is 19.8 Å². The number of nitrogens with zero attached hydrogens (tertiary/aromatic N) is 3. The molecule has 172 valence electrons. The minimum atomic E-state index is -4.17. The average Bonchev–Trinajstić information content (AvgIpc) is 3.49. The van der Waals surface area contributed by atoms with Crippen LogP contribution in [0.15, 0.2) is 35.4 Å². The van der Waals surface area contributed by atoms with Gasteiger partial charge in [0.15, 0.2) is 0 Å². The number of sulfonamides is 1. The standard InChI is InChI=1S/C23H31N5O3S/c1-15-13-23(2,3)28(14-15)21-18(11-10-17(26-21)9-8-16-6-7-16)22(29)27-32(30,31)19-5-4-12-25-20(19)24/h4-5,10-12,15-16H,6-9,13-14H2,1-3H3,(H2,24,25)(H,27,29)/t15-/m0/s1. The monoisotopic (exact) mass is 457 g/mol. The van der Waals surface area contributed by atoms with Crippen molar-refractivity contribution in [2.24, 2.45) is 11.8 Å².